The number of amides is 3. The number of aryl methyl sites for hydroxylation is 2. The molecule has 1 fully saturated rings. The van der Waals surface area contributed by atoms with Crippen molar-refractivity contribution in [2.24, 2.45) is 0 Å². The summed E-state index contributed by atoms with van der Waals surface area (Å²) in [5.74, 6) is 0.0628. The fourth-order valence-corrected chi connectivity index (χ4v) is 3.41. The zero-order valence-corrected chi connectivity index (χ0v) is 14.9. The van der Waals surface area contributed by atoms with Crippen LogP contribution < -0.4 is 16.0 Å². The summed E-state index contributed by atoms with van der Waals surface area (Å²) in [6, 6.07) is 4.24. The van der Waals surface area contributed by atoms with Crippen molar-refractivity contribution in [2.45, 2.75) is 44.6 Å². The lowest BCUT2D eigenvalue weighted by Crippen LogP contribution is -2.31. The highest BCUT2D eigenvalue weighted by atomic mass is 19.1. The van der Waals surface area contributed by atoms with Crippen molar-refractivity contribution in [2.75, 3.05) is 17.2 Å². The highest BCUT2D eigenvalue weighted by molar-refractivity contribution is 6.01. The van der Waals surface area contributed by atoms with Crippen LogP contribution in [0.3, 0.4) is 0 Å². The average molecular weight is 371 g/mol. The smallest absolute Gasteiger partial charge is 0.319 e. The molecule has 4 rings (SSSR count). The van der Waals surface area contributed by atoms with Crippen LogP contribution in [0.1, 0.15) is 42.9 Å². The molecule has 0 radical (unpaired) electrons. The van der Waals surface area contributed by atoms with Crippen LogP contribution in [0, 0.1) is 5.82 Å². The molecule has 3 N–H and O–H groups in total. The zero-order valence-electron chi connectivity index (χ0n) is 14.9. The molecule has 1 aliphatic heterocycles. The number of rotatable bonds is 6. The first kappa shape index (κ1) is 17.5. The number of hydrogen-bond acceptors (Lipinski definition) is 3. The number of anilines is 2. The van der Waals surface area contributed by atoms with Gasteiger partial charge in [-0.15, -0.1) is 0 Å². The Kier molecular flexibility index (Phi) is 4.79. The predicted octanol–water partition coefficient (Wildman–Crippen LogP) is 3.00. The van der Waals surface area contributed by atoms with Crippen molar-refractivity contribution in [3.63, 3.8) is 0 Å². The molecular weight excluding hydrogens is 349 g/mol. The largest absolute Gasteiger partial charge is 0.338 e. The Morgan fingerprint density at radius 2 is 2.19 bits per heavy atom. The highest BCUT2D eigenvalue weighted by Gasteiger charge is 2.26. The van der Waals surface area contributed by atoms with E-state index in [4.69, 9.17) is 0 Å². The van der Waals surface area contributed by atoms with Crippen molar-refractivity contribution in [3.05, 3.63) is 41.5 Å². The Bertz CT molecular complexity index is 875. The molecule has 2 heterocycles. The van der Waals surface area contributed by atoms with Gasteiger partial charge in [-0.05, 0) is 49.4 Å². The zero-order chi connectivity index (χ0) is 18.8. The van der Waals surface area contributed by atoms with Crippen molar-refractivity contribution < 1.29 is 14.0 Å². The van der Waals surface area contributed by atoms with E-state index in [1.807, 2.05) is 10.9 Å². The van der Waals surface area contributed by atoms with E-state index in [1.54, 1.807) is 0 Å². The van der Waals surface area contributed by atoms with Crippen molar-refractivity contribution in [1.29, 1.82) is 0 Å². The lowest BCUT2D eigenvalue weighted by molar-refractivity contribution is -0.116. The molecule has 8 heteroatoms. The molecular formula is C19H22FN5O2. The van der Waals surface area contributed by atoms with Gasteiger partial charge in [-0.1, -0.05) is 0 Å². The molecule has 3 amide bonds. The minimum atomic E-state index is -0.438. The number of aromatic nitrogens is 2. The van der Waals surface area contributed by atoms with E-state index in [0.29, 0.717) is 36.6 Å². The summed E-state index contributed by atoms with van der Waals surface area (Å²) < 4.78 is 15.8. The Morgan fingerprint density at radius 3 is 3.00 bits per heavy atom. The van der Waals surface area contributed by atoms with E-state index in [-0.39, 0.29) is 11.6 Å². The molecule has 2 aromatic rings. The van der Waals surface area contributed by atoms with Gasteiger partial charge in [-0.25, -0.2) is 9.18 Å². The lowest BCUT2D eigenvalue weighted by Gasteiger charge is -2.20. The summed E-state index contributed by atoms with van der Waals surface area (Å²) in [6.07, 6.45) is 5.78. The van der Waals surface area contributed by atoms with Gasteiger partial charge in [0.25, 0.3) is 0 Å². The molecule has 2 aliphatic rings. The monoisotopic (exact) mass is 371 g/mol. The normalized spacial score (nSPS) is 15.8. The standard InChI is InChI=1S/C19H22FN5O2/c20-14-10-13-4-5-17(26)24-18(13)15(11-14)23-19(27)21-7-1-9-25-16(6-8-22-25)12-2-3-12/h6,8,10-12H,1-5,7,9H2,(H,24,26)(H2,21,23,27). The summed E-state index contributed by atoms with van der Waals surface area (Å²) in [7, 11) is 0. The van der Waals surface area contributed by atoms with Crippen LogP contribution in [0.5, 0.6) is 0 Å². The van der Waals surface area contributed by atoms with E-state index in [1.165, 1.54) is 30.7 Å². The van der Waals surface area contributed by atoms with E-state index in [0.717, 1.165) is 13.0 Å². The van der Waals surface area contributed by atoms with Crippen LogP contribution in [0.15, 0.2) is 24.4 Å². The topological polar surface area (TPSA) is 88.1 Å². The molecule has 1 aliphatic carbocycles. The lowest BCUT2D eigenvalue weighted by atomic mass is 10.0. The second-order valence-corrected chi connectivity index (χ2v) is 7.02. The maximum Gasteiger partial charge on any atom is 0.319 e. The number of halogens is 1. The van der Waals surface area contributed by atoms with Crippen molar-refractivity contribution in [3.8, 4) is 0 Å². The molecule has 0 atom stereocenters. The average Bonchev–Trinajstić information content (AvgIpc) is 3.37. The molecule has 142 valence electrons. The van der Waals surface area contributed by atoms with Crippen LogP contribution in [0.25, 0.3) is 0 Å². The van der Waals surface area contributed by atoms with Crippen LogP contribution in [-0.4, -0.2) is 28.3 Å². The Hall–Kier alpha value is -2.90. The van der Waals surface area contributed by atoms with Gasteiger partial charge in [0, 0.05) is 37.3 Å². The minimum absolute atomic E-state index is 0.136. The SMILES string of the molecule is O=C1CCc2cc(F)cc(NC(=O)NCCCn3nccc3C3CC3)c2N1. The number of carbonyl (C=O) groups excluding carboxylic acids is 2. The Labute approximate surface area is 156 Å². The van der Waals surface area contributed by atoms with E-state index in [2.05, 4.69) is 27.1 Å². The van der Waals surface area contributed by atoms with Gasteiger partial charge in [0.1, 0.15) is 5.82 Å². The van der Waals surface area contributed by atoms with Gasteiger partial charge in [-0.2, -0.15) is 5.10 Å². The molecule has 1 aromatic carbocycles. The number of nitrogens with zero attached hydrogens (tertiary/aromatic N) is 2. The molecule has 0 saturated heterocycles. The minimum Gasteiger partial charge on any atom is -0.338 e. The van der Waals surface area contributed by atoms with Gasteiger partial charge in [0.2, 0.25) is 5.91 Å². The molecule has 1 aromatic heterocycles. The van der Waals surface area contributed by atoms with Crippen LogP contribution >= 0.6 is 0 Å². The summed E-state index contributed by atoms with van der Waals surface area (Å²) in [5.41, 5.74) is 2.71. The highest BCUT2D eigenvalue weighted by Crippen LogP contribution is 2.39. The Morgan fingerprint density at radius 1 is 1.33 bits per heavy atom. The first-order valence-electron chi connectivity index (χ1n) is 9.29. The Balaban J connectivity index is 1.30. The predicted molar refractivity (Wildman–Crippen MR) is 99.2 cm³/mol. The fraction of sp³-hybridized carbons (Fsp3) is 0.421. The summed E-state index contributed by atoms with van der Waals surface area (Å²) in [5, 5.41) is 12.4. The van der Waals surface area contributed by atoms with Gasteiger partial charge in [0.15, 0.2) is 0 Å². The van der Waals surface area contributed by atoms with Crippen molar-refractivity contribution in [1.82, 2.24) is 15.1 Å². The van der Waals surface area contributed by atoms with E-state index < -0.39 is 11.8 Å². The number of fused-ring (bicyclic) bond motifs is 1. The number of benzene rings is 1. The summed E-state index contributed by atoms with van der Waals surface area (Å²) >= 11 is 0. The first-order valence-corrected chi connectivity index (χ1v) is 9.29. The number of nitrogens with one attached hydrogen (secondary N) is 3. The van der Waals surface area contributed by atoms with Crippen LogP contribution in [0.2, 0.25) is 0 Å². The van der Waals surface area contributed by atoms with E-state index in [9.17, 15) is 14.0 Å². The summed E-state index contributed by atoms with van der Waals surface area (Å²) in [6.45, 7) is 1.21. The molecule has 27 heavy (non-hydrogen) atoms. The van der Waals surface area contributed by atoms with Crippen LogP contribution in [-0.2, 0) is 17.8 Å². The van der Waals surface area contributed by atoms with Gasteiger partial charge < -0.3 is 16.0 Å². The maximum atomic E-state index is 13.8. The van der Waals surface area contributed by atoms with E-state index >= 15 is 0 Å². The third-order valence-electron chi connectivity index (χ3n) is 4.90. The third kappa shape index (κ3) is 4.10. The number of hydrogen-bond donors (Lipinski definition) is 3. The molecule has 7 nitrogen and oxygen atoms in total. The van der Waals surface area contributed by atoms with Gasteiger partial charge >= 0.3 is 6.03 Å². The second kappa shape index (κ2) is 7.38. The maximum absolute atomic E-state index is 13.8. The number of urea groups is 1. The second-order valence-electron chi connectivity index (χ2n) is 7.02. The fourth-order valence-electron chi connectivity index (χ4n) is 3.41. The summed E-state index contributed by atoms with van der Waals surface area (Å²) in [4.78, 5) is 23.8. The molecule has 0 spiro atoms. The van der Waals surface area contributed by atoms with Gasteiger partial charge in [-0.3, -0.25) is 9.48 Å². The van der Waals surface area contributed by atoms with Crippen LogP contribution in [0.4, 0.5) is 20.6 Å². The molecule has 0 bridgehead atoms. The quantitative estimate of drug-likeness (QED) is 0.682. The first-order chi connectivity index (χ1) is 13.1. The molecule has 1 saturated carbocycles. The number of carbonyl (C=O) groups is 2. The van der Waals surface area contributed by atoms with Crippen molar-refractivity contribution >= 4 is 23.3 Å². The third-order valence-corrected chi connectivity index (χ3v) is 4.90. The van der Waals surface area contributed by atoms with Gasteiger partial charge in [0.05, 0.1) is 11.4 Å². The molecule has 0 unspecified atom stereocenters.